The molecule has 0 aliphatic carbocycles. The quantitative estimate of drug-likeness (QED) is 0.854. The first-order chi connectivity index (χ1) is 8.68. The van der Waals surface area contributed by atoms with E-state index in [1.807, 2.05) is 12.1 Å². The van der Waals surface area contributed by atoms with Gasteiger partial charge in [-0.2, -0.15) is 0 Å². The number of amides is 1. The smallest absolute Gasteiger partial charge is 0.240 e. The van der Waals surface area contributed by atoms with Gasteiger partial charge in [0.1, 0.15) is 0 Å². The summed E-state index contributed by atoms with van der Waals surface area (Å²) in [6, 6.07) is 8.17. The summed E-state index contributed by atoms with van der Waals surface area (Å²) in [5, 5.41) is 6.43. The second-order valence-electron chi connectivity index (χ2n) is 5.08. The van der Waals surface area contributed by atoms with Gasteiger partial charge in [0, 0.05) is 6.54 Å². The first-order valence-electron chi connectivity index (χ1n) is 6.76. The largest absolute Gasteiger partial charge is 0.350 e. The fourth-order valence-corrected chi connectivity index (χ4v) is 2.62. The van der Waals surface area contributed by atoms with Crippen LogP contribution in [0.5, 0.6) is 0 Å². The summed E-state index contributed by atoms with van der Waals surface area (Å²) >= 11 is 0. The summed E-state index contributed by atoms with van der Waals surface area (Å²) in [6.45, 7) is 5.72. The molecule has 1 saturated heterocycles. The van der Waals surface area contributed by atoms with Crippen molar-refractivity contribution in [1.82, 2.24) is 10.6 Å². The van der Waals surface area contributed by atoms with Crippen molar-refractivity contribution in [1.29, 1.82) is 0 Å². The highest BCUT2D eigenvalue weighted by atomic mass is 16.2. The number of hydrogen-bond acceptors (Lipinski definition) is 2. The van der Waals surface area contributed by atoms with Crippen molar-refractivity contribution in [3.8, 4) is 0 Å². The Morgan fingerprint density at radius 2 is 2.22 bits per heavy atom. The number of hydrogen-bond donors (Lipinski definition) is 2. The Morgan fingerprint density at radius 3 is 2.83 bits per heavy atom. The molecule has 0 spiro atoms. The van der Waals surface area contributed by atoms with E-state index in [1.54, 1.807) is 0 Å². The summed E-state index contributed by atoms with van der Waals surface area (Å²) in [7, 11) is 0. The second kappa shape index (κ2) is 5.53. The molecule has 0 aromatic heterocycles. The fraction of sp³-hybridized carbons (Fsp3) is 0.533. The SMILES string of the molecule is CCC1(C(=O)NCc2ccccc2C)CCCN1. The van der Waals surface area contributed by atoms with Gasteiger partial charge in [-0.1, -0.05) is 31.2 Å². The third-order valence-corrected chi connectivity index (χ3v) is 3.98. The van der Waals surface area contributed by atoms with Gasteiger partial charge in [-0.3, -0.25) is 4.79 Å². The molecule has 18 heavy (non-hydrogen) atoms. The normalized spacial score (nSPS) is 23.0. The average molecular weight is 246 g/mol. The molecule has 3 heteroatoms. The molecular formula is C15H22N2O. The van der Waals surface area contributed by atoms with Gasteiger partial charge < -0.3 is 10.6 Å². The van der Waals surface area contributed by atoms with E-state index in [0.717, 1.165) is 25.8 Å². The minimum absolute atomic E-state index is 0.144. The summed E-state index contributed by atoms with van der Waals surface area (Å²) in [6.07, 6.45) is 2.89. The van der Waals surface area contributed by atoms with E-state index in [0.29, 0.717) is 6.54 Å². The minimum Gasteiger partial charge on any atom is -0.350 e. The summed E-state index contributed by atoms with van der Waals surface area (Å²) in [5.74, 6) is 0.144. The predicted octanol–water partition coefficient (Wildman–Crippen LogP) is 2.14. The molecule has 1 unspecified atom stereocenters. The third kappa shape index (κ3) is 2.56. The van der Waals surface area contributed by atoms with Gasteiger partial charge >= 0.3 is 0 Å². The lowest BCUT2D eigenvalue weighted by atomic mass is 9.93. The Bertz CT molecular complexity index is 422. The molecule has 1 atom stereocenters. The zero-order valence-corrected chi connectivity index (χ0v) is 11.3. The number of carbonyl (C=O) groups excluding carboxylic acids is 1. The Morgan fingerprint density at radius 1 is 1.44 bits per heavy atom. The van der Waals surface area contributed by atoms with Gasteiger partial charge in [0.15, 0.2) is 0 Å². The molecule has 98 valence electrons. The first kappa shape index (κ1) is 13.1. The Balaban J connectivity index is 1.98. The van der Waals surface area contributed by atoms with Crippen LogP contribution in [0.1, 0.15) is 37.3 Å². The maximum Gasteiger partial charge on any atom is 0.240 e. The topological polar surface area (TPSA) is 41.1 Å². The van der Waals surface area contributed by atoms with Crippen LogP contribution in [0, 0.1) is 6.92 Å². The molecule has 1 aromatic rings. The minimum atomic E-state index is -0.331. The van der Waals surface area contributed by atoms with Crippen LogP contribution in [-0.2, 0) is 11.3 Å². The number of aryl methyl sites for hydroxylation is 1. The van der Waals surface area contributed by atoms with Crippen LogP contribution in [0.4, 0.5) is 0 Å². The van der Waals surface area contributed by atoms with Crippen LogP contribution in [-0.4, -0.2) is 18.0 Å². The summed E-state index contributed by atoms with van der Waals surface area (Å²) in [5.41, 5.74) is 2.08. The van der Waals surface area contributed by atoms with Crippen LogP contribution < -0.4 is 10.6 Å². The van der Waals surface area contributed by atoms with Crippen LogP contribution in [0.2, 0.25) is 0 Å². The first-order valence-corrected chi connectivity index (χ1v) is 6.76. The molecule has 1 amide bonds. The lowest BCUT2D eigenvalue weighted by molar-refractivity contribution is -0.127. The van der Waals surface area contributed by atoms with Gasteiger partial charge in [-0.05, 0) is 43.9 Å². The van der Waals surface area contributed by atoms with Crippen molar-refractivity contribution in [2.24, 2.45) is 0 Å². The maximum atomic E-state index is 12.3. The van der Waals surface area contributed by atoms with Crippen LogP contribution >= 0.6 is 0 Å². The predicted molar refractivity (Wildman–Crippen MR) is 73.3 cm³/mol. The fourth-order valence-electron chi connectivity index (χ4n) is 2.62. The molecule has 1 fully saturated rings. The molecule has 1 aromatic carbocycles. The highest BCUT2D eigenvalue weighted by Gasteiger charge is 2.38. The maximum absolute atomic E-state index is 12.3. The lowest BCUT2D eigenvalue weighted by Gasteiger charge is -2.26. The van der Waals surface area contributed by atoms with Gasteiger partial charge in [-0.15, -0.1) is 0 Å². The molecule has 1 heterocycles. The van der Waals surface area contributed by atoms with Crippen molar-refractivity contribution in [3.63, 3.8) is 0 Å². The van der Waals surface area contributed by atoms with E-state index in [9.17, 15) is 4.79 Å². The second-order valence-corrected chi connectivity index (χ2v) is 5.08. The van der Waals surface area contributed by atoms with Crippen LogP contribution in [0.25, 0.3) is 0 Å². The highest BCUT2D eigenvalue weighted by molar-refractivity contribution is 5.86. The Labute approximate surface area is 109 Å². The monoisotopic (exact) mass is 246 g/mol. The summed E-state index contributed by atoms with van der Waals surface area (Å²) < 4.78 is 0. The molecular weight excluding hydrogens is 224 g/mol. The van der Waals surface area contributed by atoms with Crippen molar-refractivity contribution in [2.45, 2.75) is 45.2 Å². The molecule has 2 N–H and O–H groups in total. The van der Waals surface area contributed by atoms with E-state index in [-0.39, 0.29) is 11.4 Å². The molecule has 2 rings (SSSR count). The van der Waals surface area contributed by atoms with E-state index in [2.05, 4.69) is 36.6 Å². The van der Waals surface area contributed by atoms with E-state index in [4.69, 9.17) is 0 Å². The van der Waals surface area contributed by atoms with E-state index < -0.39 is 0 Å². The average Bonchev–Trinajstić information content (AvgIpc) is 2.87. The van der Waals surface area contributed by atoms with E-state index >= 15 is 0 Å². The molecule has 1 aliphatic rings. The zero-order valence-electron chi connectivity index (χ0n) is 11.3. The third-order valence-electron chi connectivity index (χ3n) is 3.98. The van der Waals surface area contributed by atoms with Crippen molar-refractivity contribution in [3.05, 3.63) is 35.4 Å². The number of benzene rings is 1. The van der Waals surface area contributed by atoms with Gasteiger partial charge in [-0.25, -0.2) is 0 Å². The van der Waals surface area contributed by atoms with Crippen molar-refractivity contribution < 1.29 is 4.79 Å². The van der Waals surface area contributed by atoms with Crippen LogP contribution in [0.3, 0.4) is 0 Å². The number of carbonyl (C=O) groups is 1. The molecule has 1 aliphatic heterocycles. The molecule has 0 bridgehead atoms. The molecule has 0 radical (unpaired) electrons. The lowest BCUT2D eigenvalue weighted by Crippen LogP contribution is -2.52. The number of nitrogens with one attached hydrogen (secondary N) is 2. The molecule has 3 nitrogen and oxygen atoms in total. The van der Waals surface area contributed by atoms with Crippen molar-refractivity contribution in [2.75, 3.05) is 6.54 Å². The van der Waals surface area contributed by atoms with Crippen LogP contribution in [0.15, 0.2) is 24.3 Å². The van der Waals surface area contributed by atoms with E-state index in [1.165, 1.54) is 11.1 Å². The zero-order chi connectivity index (χ0) is 13.0. The Hall–Kier alpha value is -1.35. The standard InChI is InChI=1S/C15H22N2O/c1-3-15(9-6-10-17-15)14(18)16-11-13-8-5-4-7-12(13)2/h4-5,7-8,17H,3,6,9-11H2,1-2H3,(H,16,18). The van der Waals surface area contributed by atoms with Gasteiger partial charge in [0.05, 0.1) is 5.54 Å². The van der Waals surface area contributed by atoms with Crippen molar-refractivity contribution >= 4 is 5.91 Å². The number of rotatable bonds is 4. The molecule has 0 saturated carbocycles. The van der Waals surface area contributed by atoms with Gasteiger partial charge in [0.25, 0.3) is 0 Å². The Kier molecular flexibility index (Phi) is 4.02. The highest BCUT2D eigenvalue weighted by Crippen LogP contribution is 2.23. The van der Waals surface area contributed by atoms with Gasteiger partial charge in [0.2, 0.25) is 5.91 Å². The summed E-state index contributed by atoms with van der Waals surface area (Å²) in [4.78, 5) is 12.3.